The lowest BCUT2D eigenvalue weighted by Gasteiger charge is -2.45. The molecule has 0 bridgehead atoms. The smallest absolute Gasteiger partial charge is 0.168 e. The second kappa shape index (κ2) is 7.73. The number of hydrogen-bond acceptors (Lipinski definition) is 4. The van der Waals surface area contributed by atoms with E-state index in [2.05, 4.69) is 24.2 Å². The maximum absolute atomic E-state index is 14.4. The minimum Gasteiger partial charge on any atom is -0.494 e. The number of likely N-dealkylation sites (N-methyl/N-ethyl adjacent to an activating group) is 1. The zero-order chi connectivity index (χ0) is 16.0. The standard InChI is InChI=1S/C16H28FN3O/c1-6-16(7-2,20(3)4)14(19-18)11-12-9-8-10-13(21-5)15(12)17/h8-10,14,19H,6-7,11,18H2,1-5H3. The normalized spacial score (nSPS) is 13.5. The first kappa shape index (κ1) is 17.9. The average molecular weight is 297 g/mol. The van der Waals surface area contributed by atoms with Crippen LogP contribution in [0.4, 0.5) is 4.39 Å². The summed E-state index contributed by atoms with van der Waals surface area (Å²) in [5.41, 5.74) is 3.39. The van der Waals surface area contributed by atoms with Crippen molar-refractivity contribution in [1.29, 1.82) is 0 Å². The molecule has 0 amide bonds. The predicted octanol–water partition coefficient (Wildman–Crippen LogP) is 2.33. The highest BCUT2D eigenvalue weighted by Crippen LogP contribution is 2.29. The number of benzene rings is 1. The third-order valence-electron chi connectivity index (χ3n) is 4.65. The second-order valence-corrected chi connectivity index (χ2v) is 5.56. The first-order valence-electron chi connectivity index (χ1n) is 7.41. The van der Waals surface area contributed by atoms with Crippen molar-refractivity contribution in [2.45, 2.75) is 44.7 Å². The minimum absolute atomic E-state index is 0.0518. The summed E-state index contributed by atoms with van der Waals surface area (Å²) in [6.45, 7) is 4.27. The first-order chi connectivity index (χ1) is 9.96. The summed E-state index contributed by atoms with van der Waals surface area (Å²) >= 11 is 0. The molecular formula is C16H28FN3O. The van der Waals surface area contributed by atoms with E-state index < -0.39 is 0 Å². The Bertz CT molecular complexity index is 447. The van der Waals surface area contributed by atoms with Crippen LogP contribution in [0, 0.1) is 5.82 Å². The molecule has 0 heterocycles. The van der Waals surface area contributed by atoms with Crippen molar-refractivity contribution in [3.8, 4) is 5.75 Å². The number of hydrazine groups is 1. The van der Waals surface area contributed by atoms with Crippen molar-refractivity contribution in [2.24, 2.45) is 5.84 Å². The fourth-order valence-corrected chi connectivity index (χ4v) is 3.18. The lowest BCUT2D eigenvalue weighted by molar-refractivity contribution is 0.0878. The molecular weight excluding hydrogens is 269 g/mol. The van der Waals surface area contributed by atoms with E-state index in [0.717, 1.165) is 12.8 Å². The highest BCUT2D eigenvalue weighted by molar-refractivity contribution is 5.32. The molecule has 0 aliphatic rings. The molecule has 1 rings (SSSR count). The Hall–Kier alpha value is -1.17. The fourth-order valence-electron chi connectivity index (χ4n) is 3.18. The van der Waals surface area contributed by atoms with Crippen LogP contribution in [0.1, 0.15) is 32.3 Å². The quantitative estimate of drug-likeness (QED) is 0.571. The first-order valence-corrected chi connectivity index (χ1v) is 7.41. The van der Waals surface area contributed by atoms with E-state index in [-0.39, 0.29) is 23.1 Å². The van der Waals surface area contributed by atoms with Gasteiger partial charge < -0.3 is 9.64 Å². The Morgan fingerprint density at radius 3 is 2.38 bits per heavy atom. The van der Waals surface area contributed by atoms with Crippen molar-refractivity contribution >= 4 is 0 Å². The van der Waals surface area contributed by atoms with Gasteiger partial charge in [-0.3, -0.25) is 11.3 Å². The molecule has 1 aromatic rings. The van der Waals surface area contributed by atoms with Crippen molar-refractivity contribution in [3.63, 3.8) is 0 Å². The third-order valence-corrected chi connectivity index (χ3v) is 4.65. The van der Waals surface area contributed by atoms with Crippen LogP contribution in [0.2, 0.25) is 0 Å². The number of nitrogens with zero attached hydrogens (tertiary/aromatic N) is 1. The van der Waals surface area contributed by atoms with E-state index in [4.69, 9.17) is 10.6 Å². The van der Waals surface area contributed by atoms with Gasteiger partial charge in [0, 0.05) is 11.6 Å². The summed E-state index contributed by atoms with van der Waals surface area (Å²) in [5, 5.41) is 0. The van der Waals surface area contributed by atoms with Gasteiger partial charge in [-0.15, -0.1) is 0 Å². The molecule has 0 spiro atoms. The molecule has 1 unspecified atom stereocenters. The van der Waals surface area contributed by atoms with Crippen LogP contribution < -0.4 is 16.0 Å². The number of hydrogen-bond donors (Lipinski definition) is 2. The molecule has 21 heavy (non-hydrogen) atoms. The molecule has 0 radical (unpaired) electrons. The van der Waals surface area contributed by atoms with E-state index in [1.54, 1.807) is 18.2 Å². The van der Waals surface area contributed by atoms with E-state index in [9.17, 15) is 4.39 Å². The fraction of sp³-hybridized carbons (Fsp3) is 0.625. The number of nitrogens with two attached hydrogens (primary N) is 1. The summed E-state index contributed by atoms with van der Waals surface area (Å²) in [5.74, 6) is 5.75. The van der Waals surface area contributed by atoms with Gasteiger partial charge in [-0.1, -0.05) is 26.0 Å². The van der Waals surface area contributed by atoms with Gasteiger partial charge in [-0.25, -0.2) is 4.39 Å². The Kier molecular flexibility index (Phi) is 6.58. The minimum atomic E-state index is -0.305. The molecule has 120 valence electrons. The number of rotatable bonds is 8. The number of halogens is 1. The molecule has 0 aliphatic heterocycles. The van der Waals surface area contributed by atoms with Crippen LogP contribution in [0.25, 0.3) is 0 Å². The van der Waals surface area contributed by atoms with Crippen LogP contribution >= 0.6 is 0 Å². The Morgan fingerprint density at radius 2 is 1.95 bits per heavy atom. The van der Waals surface area contributed by atoms with Gasteiger partial charge in [-0.05, 0) is 45.0 Å². The predicted molar refractivity (Wildman–Crippen MR) is 84.8 cm³/mol. The lowest BCUT2D eigenvalue weighted by Crippen LogP contribution is -2.61. The average Bonchev–Trinajstić information content (AvgIpc) is 2.49. The van der Waals surface area contributed by atoms with Gasteiger partial charge in [0.2, 0.25) is 0 Å². The van der Waals surface area contributed by atoms with Gasteiger partial charge in [0.15, 0.2) is 11.6 Å². The van der Waals surface area contributed by atoms with Gasteiger partial charge in [0.25, 0.3) is 0 Å². The molecule has 5 heteroatoms. The Morgan fingerprint density at radius 1 is 1.33 bits per heavy atom. The van der Waals surface area contributed by atoms with Crippen molar-refractivity contribution in [2.75, 3.05) is 21.2 Å². The van der Waals surface area contributed by atoms with Crippen LogP contribution in [0.15, 0.2) is 18.2 Å². The molecule has 0 aliphatic carbocycles. The van der Waals surface area contributed by atoms with Crippen LogP contribution in [0.5, 0.6) is 5.75 Å². The summed E-state index contributed by atoms with van der Waals surface area (Å²) in [6, 6.07) is 5.17. The highest BCUT2D eigenvalue weighted by Gasteiger charge is 2.37. The summed E-state index contributed by atoms with van der Waals surface area (Å²) in [4.78, 5) is 2.18. The van der Waals surface area contributed by atoms with Crippen LogP contribution in [-0.2, 0) is 6.42 Å². The van der Waals surface area contributed by atoms with Crippen molar-refractivity contribution in [1.82, 2.24) is 10.3 Å². The maximum atomic E-state index is 14.4. The summed E-state index contributed by atoms with van der Waals surface area (Å²) in [6.07, 6.45) is 2.37. The highest BCUT2D eigenvalue weighted by atomic mass is 19.1. The van der Waals surface area contributed by atoms with Gasteiger partial charge in [0.1, 0.15) is 0 Å². The van der Waals surface area contributed by atoms with E-state index in [1.807, 2.05) is 14.1 Å². The molecule has 1 aromatic carbocycles. The van der Waals surface area contributed by atoms with E-state index in [1.165, 1.54) is 7.11 Å². The topological polar surface area (TPSA) is 50.5 Å². The van der Waals surface area contributed by atoms with Crippen LogP contribution in [0.3, 0.4) is 0 Å². The Labute approximate surface area is 127 Å². The van der Waals surface area contributed by atoms with Crippen molar-refractivity contribution < 1.29 is 9.13 Å². The molecule has 0 saturated carbocycles. The molecule has 0 saturated heterocycles. The third kappa shape index (κ3) is 3.54. The monoisotopic (exact) mass is 297 g/mol. The van der Waals surface area contributed by atoms with E-state index >= 15 is 0 Å². The second-order valence-electron chi connectivity index (χ2n) is 5.56. The molecule has 1 atom stereocenters. The van der Waals surface area contributed by atoms with Crippen LogP contribution in [-0.4, -0.2) is 37.7 Å². The number of nitrogens with one attached hydrogen (secondary N) is 1. The summed E-state index contributed by atoms with van der Waals surface area (Å²) < 4.78 is 19.4. The lowest BCUT2D eigenvalue weighted by atomic mass is 9.80. The Balaban J connectivity index is 3.12. The number of methoxy groups -OCH3 is 1. The SMILES string of the molecule is CCC(CC)(C(Cc1cccc(OC)c1F)NN)N(C)C. The van der Waals surface area contributed by atoms with Crippen molar-refractivity contribution in [3.05, 3.63) is 29.6 Å². The molecule has 3 N–H and O–H groups in total. The zero-order valence-electron chi connectivity index (χ0n) is 13.7. The molecule has 0 aromatic heterocycles. The van der Waals surface area contributed by atoms with Gasteiger partial charge in [-0.2, -0.15) is 0 Å². The van der Waals surface area contributed by atoms with Gasteiger partial charge in [0.05, 0.1) is 7.11 Å². The van der Waals surface area contributed by atoms with E-state index in [0.29, 0.717) is 12.0 Å². The number of ether oxygens (including phenoxy) is 1. The molecule has 0 fully saturated rings. The van der Waals surface area contributed by atoms with Gasteiger partial charge >= 0.3 is 0 Å². The molecule has 4 nitrogen and oxygen atoms in total. The maximum Gasteiger partial charge on any atom is 0.168 e. The summed E-state index contributed by atoms with van der Waals surface area (Å²) in [7, 11) is 5.56. The zero-order valence-corrected chi connectivity index (χ0v) is 13.7. The largest absolute Gasteiger partial charge is 0.494 e.